The van der Waals surface area contributed by atoms with Crippen LogP contribution in [0.4, 0.5) is 11.4 Å². The van der Waals surface area contributed by atoms with E-state index in [9.17, 15) is 14.9 Å². The zero-order chi connectivity index (χ0) is 20.4. The Hall–Kier alpha value is -3.46. The summed E-state index contributed by atoms with van der Waals surface area (Å²) in [5, 5.41) is 14.1. The van der Waals surface area contributed by atoms with E-state index in [-0.39, 0.29) is 17.2 Å². The molecule has 0 saturated carbocycles. The van der Waals surface area contributed by atoms with E-state index in [2.05, 4.69) is 15.3 Å². The van der Waals surface area contributed by atoms with Crippen molar-refractivity contribution in [2.75, 3.05) is 31.2 Å². The Morgan fingerprint density at radius 1 is 1.28 bits per heavy atom. The number of morpholine rings is 1. The number of nitrogens with one attached hydrogen (secondary N) is 2. The van der Waals surface area contributed by atoms with Crippen LogP contribution in [-0.4, -0.2) is 47.1 Å². The fourth-order valence-corrected chi connectivity index (χ4v) is 3.42. The van der Waals surface area contributed by atoms with Crippen LogP contribution in [-0.2, 0) is 4.74 Å². The van der Waals surface area contributed by atoms with Crippen LogP contribution in [0.3, 0.4) is 0 Å². The SMILES string of the molecule is CC(NC(=O)c1cc([N+](=O)[O-])ccc1N1CCOCC1)c1nc2ccccc2[nH]1. The Kier molecular flexibility index (Phi) is 5.13. The van der Waals surface area contributed by atoms with Gasteiger partial charge in [-0.25, -0.2) is 4.98 Å². The Balaban J connectivity index is 1.61. The molecule has 2 heterocycles. The number of nitrogens with zero attached hydrogens (tertiary/aromatic N) is 3. The van der Waals surface area contributed by atoms with Crippen molar-refractivity contribution in [1.82, 2.24) is 15.3 Å². The van der Waals surface area contributed by atoms with E-state index in [1.165, 1.54) is 12.1 Å². The number of aromatic amines is 1. The summed E-state index contributed by atoms with van der Waals surface area (Å²) in [5.74, 6) is 0.237. The van der Waals surface area contributed by atoms with Crippen LogP contribution in [0, 0.1) is 10.1 Å². The van der Waals surface area contributed by atoms with E-state index in [1.54, 1.807) is 6.07 Å². The van der Waals surface area contributed by atoms with Crippen molar-refractivity contribution in [2.45, 2.75) is 13.0 Å². The van der Waals surface area contributed by atoms with Gasteiger partial charge in [-0.05, 0) is 25.1 Å². The van der Waals surface area contributed by atoms with Crippen molar-refractivity contribution >= 4 is 28.3 Å². The number of anilines is 1. The van der Waals surface area contributed by atoms with Crippen LogP contribution in [0.25, 0.3) is 11.0 Å². The van der Waals surface area contributed by atoms with Gasteiger partial charge in [0, 0.05) is 25.2 Å². The van der Waals surface area contributed by atoms with Crippen molar-refractivity contribution < 1.29 is 14.5 Å². The molecule has 2 aromatic carbocycles. The van der Waals surface area contributed by atoms with E-state index < -0.39 is 11.0 Å². The molecule has 0 bridgehead atoms. The highest BCUT2D eigenvalue weighted by molar-refractivity contribution is 6.00. The Labute approximate surface area is 166 Å². The number of aromatic nitrogens is 2. The Morgan fingerprint density at radius 2 is 2.03 bits per heavy atom. The molecule has 1 saturated heterocycles. The summed E-state index contributed by atoms with van der Waals surface area (Å²) >= 11 is 0. The molecule has 1 amide bonds. The van der Waals surface area contributed by atoms with Gasteiger partial charge >= 0.3 is 0 Å². The minimum Gasteiger partial charge on any atom is -0.378 e. The van der Waals surface area contributed by atoms with Gasteiger partial charge in [-0.3, -0.25) is 14.9 Å². The minimum atomic E-state index is -0.497. The lowest BCUT2D eigenvalue weighted by Gasteiger charge is -2.30. The first-order valence-electron chi connectivity index (χ1n) is 9.39. The molecule has 2 N–H and O–H groups in total. The summed E-state index contributed by atoms with van der Waals surface area (Å²) in [4.78, 5) is 33.5. The average molecular weight is 395 g/mol. The second-order valence-electron chi connectivity index (χ2n) is 6.89. The van der Waals surface area contributed by atoms with Gasteiger partial charge in [0.05, 0.1) is 46.5 Å². The third-order valence-corrected chi connectivity index (χ3v) is 4.95. The summed E-state index contributed by atoms with van der Waals surface area (Å²) in [6.07, 6.45) is 0. The molecule has 0 aliphatic carbocycles. The number of carbonyl (C=O) groups excluding carboxylic acids is 1. The van der Waals surface area contributed by atoms with Crippen molar-refractivity contribution in [2.24, 2.45) is 0 Å². The first-order chi connectivity index (χ1) is 14.0. The maximum atomic E-state index is 13.0. The number of imidazole rings is 1. The zero-order valence-corrected chi connectivity index (χ0v) is 15.9. The number of benzene rings is 2. The van der Waals surface area contributed by atoms with Gasteiger partial charge in [0.15, 0.2) is 0 Å². The smallest absolute Gasteiger partial charge is 0.270 e. The van der Waals surface area contributed by atoms with Gasteiger partial charge in [-0.15, -0.1) is 0 Å². The van der Waals surface area contributed by atoms with Crippen molar-refractivity contribution in [3.63, 3.8) is 0 Å². The van der Waals surface area contributed by atoms with Gasteiger partial charge in [0.2, 0.25) is 0 Å². The molecule has 1 aliphatic heterocycles. The fraction of sp³-hybridized carbons (Fsp3) is 0.300. The molecular weight excluding hydrogens is 374 g/mol. The van der Waals surface area contributed by atoms with Gasteiger partial charge in [0.1, 0.15) is 5.82 Å². The average Bonchev–Trinajstić information content (AvgIpc) is 3.18. The predicted molar refractivity (Wildman–Crippen MR) is 108 cm³/mol. The standard InChI is InChI=1S/C20H21N5O4/c1-13(19-22-16-4-2-3-5-17(16)23-19)21-20(26)15-12-14(25(27)28)6-7-18(15)24-8-10-29-11-9-24/h2-7,12-13H,8-11H2,1H3,(H,21,26)(H,22,23). The zero-order valence-electron chi connectivity index (χ0n) is 15.9. The number of H-pyrrole nitrogens is 1. The van der Waals surface area contributed by atoms with E-state index >= 15 is 0 Å². The molecule has 9 nitrogen and oxygen atoms in total. The van der Waals surface area contributed by atoms with Gasteiger partial charge in [0.25, 0.3) is 11.6 Å². The fourth-order valence-electron chi connectivity index (χ4n) is 3.42. The maximum Gasteiger partial charge on any atom is 0.270 e. The second-order valence-corrected chi connectivity index (χ2v) is 6.89. The number of amides is 1. The summed E-state index contributed by atoms with van der Waals surface area (Å²) in [6.45, 7) is 4.16. The Morgan fingerprint density at radius 3 is 2.76 bits per heavy atom. The molecule has 0 radical (unpaired) electrons. The van der Waals surface area contributed by atoms with Crippen molar-refractivity contribution in [1.29, 1.82) is 0 Å². The van der Waals surface area contributed by atoms with Crippen LogP contribution in [0.1, 0.15) is 29.1 Å². The number of ether oxygens (including phenoxy) is 1. The van der Waals surface area contributed by atoms with Gasteiger partial charge < -0.3 is 19.9 Å². The molecule has 3 aromatic rings. The van der Waals surface area contributed by atoms with Crippen molar-refractivity contribution in [3.8, 4) is 0 Å². The third kappa shape index (κ3) is 3.90. The number of carbonyl (C=O) groups is 1. The van der Waals surface area contributed by atoms with Crippen molar-refractivity contribution in [3.05, 3.63) is 64.0 Å². The van der Waals surface area contributed by atoms with E-state index in [4.69, 9.17) is 4.74 Å². The minimum absolute atomic E-state index is 0.122. The number of non-ortho nitro benzene ring substituents is 1. The highest BCUT2D eigenvalue weighted by Gasteiger charge is 2.24. The quantitative estimate of drug-likeness (QED) is 0.507. The molecule has 0 spiro atoms. The number of nitro benzene ring substituents is 1. The number of nitro groups is 1. The largest absolute Gasteiger partial charge is 0.378 e. The van der Waals surface area contributed by atoms with Crippen LogP contribution in [0.15, 0.2) is 42.5 Å². The number of hydrogen-bond acceptors (Lipinski definition) is 6. The summed E-state index contributed by atoms with van der Waals surface area (Å²) in [7, 11) is 0. The number of para-hydroxylation sites is 2. The number of fused-ring (bicyclic) bond motifs is 1. The molecule has 1 atom stereocenters. The molecule has 29 heavy (non-hydrogen) atoms. The molecule has 4 rings (SSSR count). The molecule has 1 aromatic heterocycles. The topological polar surface area (TPSA) is 113 Å². The predicted octanol–water partition coefficient (Wildman–Crippen LogP) is 2.80. The van der Waals surface area contributed by atoms with E-state index in [0.29, 0.717) is 37.8 Å². The normalized spacial score (nSPS) is 15.3. The summed E-state index contributed by atoms with van der Waals surface area (Å²) in [5.41, 5.74) is 2.50. The molecule has 9 heteroatoms. The summed E-state index contributed by atoms with van der Waals surface area (Å²) < 4.78 is 5.37. The molecule has 1 aliphatic rings. The lowest BCUT2D eigenvalue weighted by molar-refractivity contribution is -0.384. The third-order valence-electron chi connectivity index (χ3n) is 4.95. The molecule has 150 valence electrons. The van der Waals surface area contributed by atoms with Crippen LogP contribution in [0.2, 0.25) is 0 Å². The van der Waals surface area contributed by atoms with Gasteiger partial charge in [-0.2, -0.15) is 0 Å². The molecule has 1 fully saturated rings. The highest BCUT2D eigenvalue weighted by atomic mass is 16.6. The Bertz CT molecular complexity index is 1020. The lowest BCUT2D eigenvalue weighted by atomic mass is 10.1. The van der Waals surface area contributed by atoms with E-state index in [0.717, 1.165) is 11.0 Å². The maximum absolute atomic E-state index is 13.0. The first kappa shape index (κ1) is 18.9. The second kappa shape index (κ2) is 7.88. The van der Waals surface area contributed by atoms with Crippen LogP contribution >= 0.6 is 0 Å². The number of rotatable bonds is 5. The van der Waals surface area contributed by atoms with E-state index in [1.807, 2.05) is 36.1 Å². The van der Waals surface area contributed by atoms with Crippen LogP contribution < -0.4 is 10.2 Å². The van der Waals surface area contributed by atoms with Crippen LogP contribution in [0.5, 0.6) is 0 Å². The number of hydrogen-bond donors (Lipinski definition) is 2. The highest BCUT2D eigenvalue weighted by Crippen LogP contribution is 2.27. The lowest BCUT2D eigenvalue weighted by Crippen LogP contribution is -2.38. The molecule has 1 unspecified atom stereocenters. The van der Waals surface area contributed by atoms with Gasteiger partial charge in [-0.1, -0.05) is 12.1 Å². The monoisotopic (exact) mass is 395 g/mol. The molecular formula is C20H21N5O4. The summed E-state index contributed by atoms with van der Waals surface area (Å²) in [6, 6.07) is 11.6. The first-order valence-corrected chi connectivity index (χ1v) is 9.39.